The van der Waals surface area contributed by atoms with E-state index in [4.69, 9.17) is 0 Å². The molecule has 0 bridgehead atoms. The van der Waals surface area contributed by atoms with Crippen LogP contribution in [0.2, 0.25) is 0 Å². The summed E-state index contributed by atoms with van der Waals surface area (Å²) in [7, 11) is 0. The molecule has 0 fully saturated rings. The third kappa shape index (κ3) is 5.31. The number of hydrogen-bond acceptors (Lipinski definition) is 1. The Kier molecular flexibility index (Phi) is 8.20. The number of anilines is 3. The van der Waals surface area contributed by atoms with Gasteiger partial charge in [0, 0.05) is 17.1 Å². The number of benzene rings is 11. The Balaban J connectivity index is 0.973. The maximum atomic E-state index is 2.47. The summed E-state index contributed by atoms with van der Waals surface area (Å²) < 4.78 is 0. The SMILES string of the molecule is c1ccc(-c2c3ccccc3c(-c3ccccc3)c3cc(-c4ccc(N(c5ccccc5)c5ccc6c(c5)C5(c7ccccc7-c7ccccc75)c5ccccc5-6)cc4)ccc23)cc1. The van der Waals surface area contributed by atoms with E-state index in [1.165, 1.54) is 99.4 Å². The highest BCUT2D eigenvalue weighted by Gasteiger charge is 2.51. The van der Waals surface area contributed by atoms with Crippen LogP contribution in [0, 0.1) is 0 Å². The van der Waals surface area contributed by atoms with Crippen molar-refractivity contribution in [1.82, 2.24) is 0 Å². The Morgan fingerprint density at radius 1 is 0.234 bits per heavy atom. The van der Waals surface area contributed by atoms with Gasteiger partial charge in [0.15, 0.2) is 0 Å². The molecule has 0 aliphatic heterocycles. The average Bonchev–Trinajstić information content (AvgIpc) is 3.84. The van der Waals surface area contributed by atoms with Gasteiger partial charge in [0.1, 0.15) is 0 Å². The summed E-state index contributed by atoms with van der Waals surface area (Å²) in [6.45, 7) is 0. The molecule has 2 aliphatic rings. The van der Waals surface area contributed by atoms with Gasteiger partial charge in [-0.15, -0.1) is 0 Å². The lowest BCUT2D eigenvalue weighted by Crippen LogP contribution is -2.26. The molecule has 0 saturated heterocycles. The van der Waals surface area contributed by atoms with Gasteiger partial charge in [-0.3, -0.25) is 0 Å². The van der Waals surface area contributed by atoms with Crippen LogP contribution in [0.5, 0.6) is 0 Å². The number of rotatable bonds is 6. The highest BCUT2D eigenvalue weighted by Crippen LogP contribution is 2.63. The second kappa shape index (κ2) is 14.4. The summed E-state index contributed by atoms with van der Waals surface area (Å²) in [4.78, 5) is 2.42. The minimum absolute atomic E-state index is 0.415. The van der Waals surface area contributed by atoms with E-state index in [9.17, 15) is 0 Å². The highest BCUT2D eigenvalue weighted by molar-refractivity contribution is 6.22. The minimum Gasteiger partial charge on any atom is -0.310 e. The molecule has 64 heavy (non-hydrogen) atoms. The van der Waals surface area contributed by atoms with Crippen molar-refractivity contribution in [2.45, 2.75) is 5.41 Å². The maximum absolute atomic E-state index is 2.47. The van der Waals surface area contributed by atoms with Crippen LogP contribution >= 0.6 is 0 Å². The van der Waals surface area contributed by atoms with E-state index in [-0.39, 0.29) is 0 Å². The van der Waals surface area contributed by atoms with Crippen LogP contribution in [0.25, 0.3) is 77.2 Å². The molecule has 0 heterocycles. The van der Waals surface area contributed by atoms with Crippen LogP contribution in [0.1, 0.15) is 22.3 Å². The third-order valence-corrected chi connectivity index (χ3v) is 13.9. The summed E-state index contributed by atoms with van der Waals surface area (Å²) in [5.41, 5.74) is 20.9. The molecule has 1 nitrogen and oxygen atoms in total. The van der Waals surface area contributed by atoms with Crippen molar-refractivity contribution < 1.29 is 0 Å². The number of para-hydroxylation sites is 1. The molecule has 0 radical (unpaired) electrons. The molecule has 0 N–H and O–H groups in total. The topological polar surface area (TPSA) is 3.24 Å². The number of fused-ring (bicyclic) bond motifs is 12. The summed E-state index contributed by atoms with van der Waals surface area (Å²) in [5.74, 6) is 0. The molecule has 0 atom stereocenters. The van der Waals surface area contributed by atoms with Gasteiger partial charge in [-0.05, 0) is 142 Å². The van der Waals surface area contributed by atoms with E-state index in [0.29, 0.717) is 0 Å². The molecule has 298 valence electrons. The molecule has 0 saturated carbocycles. The van der Waals surface area contributed by atoms with Crippen molar-refractivity contribution in [1.29, 1.82) is 0 Å². The average molecular weight is 812 g/mol. The van der Waals surface area contributed by atoms with Gasteiger partial charge in [0.25, 0.3) is 0 Å². The maximum Gasteiger partial charge on any atom is 0.0726 e. The Hall–Kier alpha value is -8.26. The fourth-order valence-corrected chi connectivity index (χ4v) is 11.2. The third-order valence-electron chi connectivity index (χ3n) is 13.9. The van der Waals surface area contributed by atoms with Crippen molar-refractivity contribution in [2.24, 2.45) is 0 Å². The van der Waals surface area contributed by atoms with Crippen LogP contribution in [0.15, 0.2) is 249 Å². The fourth-order valence-electron chi connectivity index (χ4n) is 11.2. The minimum atomic E-state index is -0.415. The van der Waals surface area contributed by atoms with Gasteiger partial charge in [-0.1, -0.05) is 206 Å². The largest absolute Gasteiger partial charge is 0.310 e. The van der Waals surface area contributed by atoms with Gasteiger partial charge in [-0.2, -0.15) is 0 Å². The van der Waals surface area contributed by atoms with Gasteiger partial charge < -0.3 is 4.90 Å². The van der Waals surface area contributed by atoms with E-state index in [1.54, 1.807) is 0 Å². The fraction of sp³-hybridized carbons (Fsp3) is 0.0159. The summed E-state index contributed by atoms with van der Waals surface area (Å²) in [6.07, 6.45) is 0. The van der Waals surface area contributed by atoms with Gasteiger partial charge in [0.05, 0.1) is 5.41 Å². The van der Waals surface area contributed by atoms with Gasteiger partial charge in [-0.25, -0.2) is 0 Å². The lowest BCUT2D eigenvalue weighted by atomic mass is 9.70. The summed E-state index contributed by atoms with van der Waals surface area (Å²) in [5, 5.41) is 5.03. The Labute approximate surface area is 373 Å². The predicted octanol–water partition coefficient (Wildman–Crippen LogP) is 16.8. The first-order chi connectivity index (χ1) is 31.8. The van der Waals surface area contributed by atoms with Crippen LogP contribution in [0.3, 0.4) is 0 Å². The smallest absolute Gasteiger partial charge is 0.0726 e. The molecule has 1 spiro atoms. The normalized spacial score (nSPS) is 12.8. The molecule has 2 aliphatic carbocycles. The van der Waals surface area contributed by atoms with Gasteiger partial charge >= 0.3 is 0 Å². The monoisotopic (exact) mass is 811 g/mol. The zero-order chi connectivity index (χ0) is 42.2. The molecular formula is C63H41N. The zero-order valence-electron chi connectivity index (χ0n) is 35.1. The first kappa shape index (κ1) is 36.4. The second-order valence-electron chi connectivity index (χ2n) is 17.1. The molecule has 11 aromatic rings. The zero-order valence-corrected chi connectivity index (χ0v) is 35.1. The summed E-state index contributed by atoms with van der Waals surface area (Å²) >= 11 is 0. The molecule has 11 aromatic carbocycles. The number of nitrogens with zero attached hydrogens (tertiary/aromatic N) is 1. The van der Waals surface area contributed by atoms with Crippen LogP contribution in [-0.4, -0.2) is 0 Å². The molecular weight excluding hydrogens is 771 g/mol. The van der Waals surface area contributed by atoms with Crippen molar-refractivity contribution in [3.8, 4) is 55.6 Å². The first-order valence-electron chi connectivity index (χ1n) is 22.3. The molecule has 1 heteroatoms. The lowest BCUT2D eigenvalue weighted by Gasteiger charge is -2.32. The Morgan fingerprint density at radius 3 is 1.20 bits per heavy atom. The quantitative estimate of drug-likeness (QED) is 0.151. The predicted molar refractivity (Wildman–Crippen MR) is 269 cm³/mol. The van der Waals surface area contributed by atoms with Crippen LogP contribution < -0.4 is 4.90 Å². The standard InChI is InChI=1S/C63H41N/c1-4-18-43(19-5-1)61-53-27-10-11-28-54(53)62(44-20-6-2-7-21-44)56-40-45(34-38-55(56)61)42-32-35-47(36-33-42)64(46-22-8-3-9-23-46)48-37-39-52-51-26-14-17-31-59(51)63(60(52)41-48)57-29-15-12-24-49(57)50-25-13-16-30-58(50)63/h1-41H. The van der Waals surface area contributed by atoms with E-state index < -0.39 is 5.41 Å². The summed E-state index contributed by atoms with van der Waals surface area (Å²) in [6, 6.07) is 91.9. The van der Waals surface area contributed by atoms with E-state index >= 15 is 0 Å². The second-order valence-corrected chi connectivity index (χ2v) is 17.1. The molecule has 0 amide bonds. The van der Waals surface area contributed by atoms with Crippen molar-refractivity contribution >= 4 is 38.6 Å². The van der Waals surface area contributed by atoms with Gasteiger partial charge in [0.2, 0.25) is 0 Å². The molecule has 0 aromatic heterocycles. The molecule has 0 unspecified atom stereocenters. The first-order valence-corrected chi connectivity index (χ1v) is 22.3. The number of hydrogen-bond donors (Lipinski definition) is 0. The van der Waals surface area contributed by atoms with E-state index in [0.717, 1.165) is 17.1 Å². The van der Waals surface area contributed by atoms with Crippen LogP contribution in [0.4, 0.5) is 17.1 Å². The lowest BCUT2D eigenvalue weighted by molar-refractivity contribution is 0.793. The van der Waals surface area contributed by atoms with Crippen molar-refractivity contribution in [3.63, 3.8) is 0 Å². The highest BCUT2D eigenvalue weighted by atomic mass is 15.1. The Bertz CT molecular complexity index is 3530. The van der Waals surface area contributed by atoms with E-state index in [1.807, 2.05) is 0 Å². The Morgan fingerprint density at radius 2 is 0.641 bits per heavy atom. The van der Waals surface area contributed by atoms with Crippen molar-refractivity contribution in [3.05, 3.63) is 271 Å². The van der Waals surface area contributed by atoms with Crippen LogP contribution in [-0.2, 0) is 5.41 Å². The molecule has 13 rings (SSSR count). The van der Waals surface area contributed by atoms with Crippen molar-refractivity contribution in [2.75, 3.05) is 4.90 Å². The van der Waals surface area contributed by atoms with E-state index in [2.05, 4.69) is 254 Å².